The average molecular weight is 445 g/mol. The summed E-state index contributed by atoms with van der Waals surface area (Å²) in [4.78, 5) is 12.6. The van der Waals surface area contributed by atoms with Gasteiger partial charge in [0.1, 0.15) is 19.0 Å². The Kier molecular flexibility index (Phi) is 6.60. The van der Waals surface area contributed by atoms with Crippen molar-refractivity contribution >= 4 is 17.6 Å². The second-order valence-electron chi connectivity index (χ2n) is 7.10. The van der Waals surface area contributed by atoms with E-state index in [0.29, 0.717) is 29.5 Å². The van der Waals surface area contributed by atoms with Crippen LogP contribution in [0, 0.1) is 0 Å². The first-order valence-corrected chi connectivity index (χ1v) is 9.98. The van der Waals surface area contributed by atoms with Crippen LogP contribution in [0.4, 0.5) is 17.6 Å². The first-order valence-electron chi connectivity index (χ1n) is 9.60. The molecule has 0 N–H and O–H groups in total. The number of alkyl halides is 4. The zero-order valence-electron chi connectivity index (χ0n) is 16.3. The van der Waals surface area contributed by atoms with Crippen LogP contribution in [0.3, 0.4) is 0 Å². The molecule has 1 aliphatic carbocycles. The lowest BCUT2D eigenvalue weighted by Crippen LogP contribution is -2.43. The summed E-state index contributed by atoms with van der Waals surface area (Å²) in [6.45, 7) is 0.948. The van der Waals surface area contributed by atoms with Crippen molar-refractivity contribution in [3.8, 4) is 16.9 Å². The van der Waals surface area contributed by atoms with Gasteiger partial charge in [-0.1, -0.05) is 30.2 Å². The summed E-state index contributed by atoms with van der Waals surface area (Å²) in [6.07, 6.45) is -2.46. The number of esters is 1. The Hall–Kier alpha value is -2.28. The first-order chi connectivity index (χ1) is 14.2. The summed E-state index contributed by atoms with van der Waals surface area (Å²) in [7, 11) is 0. The Morgan fingerprint density at radius 3 is 2.33 bits per heavy atom. The summed E-state index contributed by atoms with van der Waals surface area (Å²) >= 11 is 6.41. The molecule has 3 nitrogen and oxygen atoms in total. The van der Waals surface area contributed by atoms with Crippen molar-refractivity contribution in [1.29, 1.82) is 0 Å². The van der Waals surface area contributed by atoms with Gasteiger partial charge in [0.05, 0.1) is 22.6 Å². The van der Waals surface area contributed by atoms with Gasteiger partial charge in [-0.3, -0.25) is 4.79 Å². The van der Waals surface area contributed by atoms with Gasteiger partial charge in [0.25, 0.3) is 0 Å². The second-order valence-corrected chi connectivity index (χ2v) is 7.51. The molecular weight excluding hydrogens is 424 g/mol. The SMILES string of the molecule is CCOC(=O)C1(c2cc(Cl)c(OCCF)c(-c3ccc(C(F)(F)F)cc3)c2)CCC1. The van der Waals surface area contributed by atoms with Crippen molar-refractivity contribution in [3.63, 3.8) is 0 Å². The van der Waals surface area contributed by atoms with Crippen LogP contribution in [0.2, 0.25) is 5.02 Å². The van der Waals surface area contributed by atoms with Gasteiger partial charge < -0.3 is 9.47 Å². The maximum atomic E-state index is 12.9. The van der Waals surface area contributed by atoms with Crippen molar-refractivity contribution in [2.75, 3.05) is 19.9 Å². The van der Waals surface area contributed by atoms with E-state index >= 15 is 0 Å². The molecule has 0 aliphatic heterocycles. The lowest BCUT2D eigenvalue weighted by atomic mass is 9.64. The number of carbonyl (C=O) groups is 1. The van der Waals surface area contributed by atoms with Crippen LogP contribution in [0.25, 0.3) is 11.1 Å². The molecule has 0 saturated heterocycles. The van der Waals surface area contributed by atoms with Crippen molar-refractivity contribution in [2.45, 2.75) is 37.8 Å². The quantitative estimate of drug-likeness (QED) is 0.368. The molecule has 1 aliphatic rings. The van der Waals surface area contributed by atoms with Crippen LogP contribution in [0.15, 0.2) is 36.4 Å². The molecule has 30 heavy (non-hydrogen) atoms. The Balaban J connectivity index is 2.11. The molecule has 2 aromatic rings. The van der Waals surface area contributed by atoms with E-state index in [1.54, 1.807) is 19.1 Å². The zero-order chi connectivity index (χ0) is 21.9. The number of benzene rings is 2. The Bertz CT molecular complexity index is 906. The van der Waals surface area contributed by atoms with Gasteiger partial charge in [-0.05, 0) is 55.2 Å². The minimum atomic E-state index is -4.47. The van der Waals surface area contributed by atoms with E-state index in [1.165, 1.54) is 12.1 Å². The van der Waals surface area contributed by atoms with Crippen LogP contribution in [0.5, 0.6) is 5.75 Å². The summed E-state index contributed by atoms with van der Waals surface area (Å²) in [5.74, 6) is -0.195. The predicted octanol–water partition coefficient (Wildman–Crippen LogP) is 6.36. The van der Waals surface area contributed by atoms with E-state index in [9.17, 15) is 22.4 Å². The van der Waals surface area contributed by atoms with Crippen LogP contribution >= 0.6 is 11.6 Å². The fourth-order valence-electron chi connectivity index (χ4n) is 3.62. The Labute approximate surface area is 176 Å². The summed E-state index contributed by atoms with van der Waals surface area (Å²) in [5.41, 5.74) is -0.213. The fourth-order valence-corrected chi connectivity index (χ4v) is 3.89. The molecule has 0 heterocycles. The minimum Gasteiger partial charge on any atom is -0.489 e. The maximum absolute atomic E-state index is 12.9. The Morgan fingerprint density at radius 2 is 1.83 bits per heavy atom. The third kappa shape index (κ3) is 4.26. The van der Waals surface area contributed by atoms with E-state index in [4.69, 9.17) is 21.1 Å². The topological polar surface area (TPSA) is 35.5 Å². The molecule has 0 bridgehead atoms. The van der Waals surface area contributed by atoms with Crippen molar-refractivity contribution in [3.05, 3.63) is 52.5 Å². The number of hydrogen-bond acceptors (Lipinski definition) is 3. The molecular formula is C22H21ClF4O3. The highest BCUT2D eigenvalue weighted by Crippen LogP contribution is 2.49. The molecule has 8 heteroatoms. The lowest BCUT2D eigenvalue weighted by Gasteiger charge is -2.40. The molecule has 0 radical (unpaired) electrons. The van der Waals surface area contributed by atoms with E-state index in [0.717, 1.165) is 18.6 Å². The van der Waals surface area contributed by atoms with E-state index < -0.39 is 23.8 Å². The van der Waals surface area contributed by atoms with Gasteiger partial charge in [0.15, 0.2) is 0 Å². The average Bonchev–Trinajstić information content (AvgIpc) is 2.65. The number of carbonyl (C=O) groups excluding carboxylic acids is 1. The number of hydrogen-bond donors (Lipinski definition) is 0. The van der Waals surface area contributed by atoms with Crippen molar-refractivity contribution in [2.24, 2.45) is 0 Å². The molecule has 0 spiro atoms. The summed E-state index contributed by atoms with van der Waals surface area (Å²) in [5, 5.41) is 0.159. The van der Waals surface area contributed by atoms with Gasteiger partial charge in [-0.15, -0.1) is 0 Å². The van der Waals surface area contributed by atoms with Crippen LogP contribution < -0.4 is 4.74 Å². The highest BCUT2D eigenvalue weighted by molar-refractivity contribution is 6.32. The lowest BCUT2D eigenvalue weighted by molar-refractivity contribution is -0.154. The zero-order valence-corrected chi connectivity index (χ0v) is 17.1. The van der Waals surface area contributed by atoms with Gasteiger partial charge in [-0.2, -0.15) is 13.2 Å². The highest BCUT2D eigenvalue weighted by Gasteiger charge is 2.47. The van der Waals surface area contributed by atoms with E-state index in [-0.39, 0.29) is 30.0 Å². The molecule has 3 rings (SSSR count). The highest BCUT2D eigenvalue weighted by atomic mass is 35.5. The predicted molar refractivity (Wildman–Crippen MR) is 106 cm³/mol. The molecule has 0 aromatic heterocycles. The minimum absolute atomic E-state index is 0.159. The molecule has 0 amide bonds. The van der Waals surface area contributed by atoms with Gasteiger partial charge in [0, 0.05) is 5.56 Å². The maximum Gasteiger partial charge on any atom is 0.416 e. The largest absolute Gasteiger partial charge is 0.489 e. The summed E-state index contributed by atoms with van der Waals surface area (Å²) < 4.78 is 62.2. The van der Waals surface area contributed by atoms with Crippen LogP contribution in [-0.4, -0.2) is 25.9 Å². The van der Waals surface area contributed by atoms with Crippen LogP contribution in [-0.2, 0) is 21.1 Å². The molecule has 162 valence electrons. The fraction of sp³-hybridized carbons (Fsp3) is 0.409. The van der Waals surface area contributed by atoms with Crippen LogP contribution in [0.1, 0.15) is 37.3 Å². The third-order valence-electron chi connectivity index (χ3n) is 5.32. The standard InChI is InChI=1S/C22H21ClF4O3/c1-2-29-20(28)21(8-3-9-21)16-12-17(19(18(23)13-16)30-11-10-24)14-4-6-15(7-5-14)22(25,26)27/h4-7,12-13H,2-3,8-11H2,1H3. The molecule has 2 aromatic carbocycles. The Morgan fingerprint density at radius 1 is 1.17 bits per heavy atom. The van der Waals surface area contributed by atoms with Crippen molar-refractivity contribution in [1.82, 2.24) is 0 Å². The molecule has 1 fully saturated rings. The van der Waals surface area contributed by atoms with Crippen molar-refractivity contribution < 1.29 is 31.8 Å². The monoisotopic (exact) mass is 444 g/mol. The second kappa shape index (κ2) is 8.84. The summed E-state index contributed by atoms with van der Waals surface area (Å²) in [6, 6.07) is 7.80. The number of ether oxygens (including phenoxy) is 2. The first kappa shape index (κ1) is 22.4. The van der Waals surface area contributed by atoms with Gasteiger partial charge >= 0.3 is 12.1 Å². The van der Waals surface area contributed by atoms with Gasteiger partial charge in [-0.25, -0.2) is 4.39 Å². The third-order valence-corrected chi connectivity index (χ3v) is 5.60. The number of rotatable bonds is 7. The van der Waals surface area contributed by atoms with E-state index in [2.05, 4.69) is 0 Å². The smallest absolute Gasteiger partial charge is 0.416 e. The molecule has 1 saturated carbocycles. The van der Waals surface area contributed by atoms with E-state index in [1.807, 2.05) is 0 Å². The number of halogens is 5. The molecule has 0 atom stereocenters. The normalized spacial score (nSPS) is 15.4. The molecule has 0 unspecified atom stereocenters. The van der Waals surface area contributed by atoms with Gasteiger partial charge in [0.2, 0.25) is 0 Å².